The van der Waals surface area contributed by atoms with E-state index in [0.717, 1.165) is 19.3 Å². The minimum Gasteiger partial charge on any atom is -0.478 e. The normalized spacial score (nSPS) is 20.9. The molecule has 0 unspecified atom stereocenters. The summed E-state index contributed by atoms with van der Waals surface area (Å²) in [6, 6.07) is 8.99. The van der Waals surface area contributed by atoms with E-state index in [1.165, 1.54) is 54.6 Å². The summed E-state index contributed by atoms with van der Waals surface area (Å²) in [5, 5.41) is 6.06. The molecule has 13 nitrogen and oxygen atoms in total. The average molecular weight is 774 g/mol. The van der Waals surface area contributed by atoms with Crippen molar-refractivity contribution < 1.29 is 27.5 Å². The zero-order valence-electron chi connectivity index (χ0n) is 31.4. The Morgan fingerprint density at radius 3 is 2.39 bits per heavy atom. The maximum atomic E-state index is 13.2. The van der Waals surface area contributed by atoms with E-state index in [0.29, 0.717) is 41.5 Å². The van der Waals surface area contributed by atoms with E-state index in [9.17, 15) is 18.0 Å². The molecule has 7 rings (SSSR count). The number of rotatable bonds is 13. The number of nitrogens with one attached hydrogen (secondary N) is 2. The third-order valence-corrected chi connectivity index (χ3v) is 12.9. The van der Waals surface area contributed by atoms with Gasteiger partial charge in [-0.25, -0.2) is 24.2 Å². The molecule has 4 fully saturated rings. The second-order valence-corrected chi connectivity index (χ2v) is 19.1. The maximum Gasteiger partial charge on any atom is 0.410 e. The van der Waals surface area contributed by atoms with Crippen LogP contribution in [-0.4, -0.2) is 91.6 Å². The molecule has 284 valence electrons. The number of halogens is 1. The van der Waals surface area contributed by atoms with E-state index in [1.807, 2.05) is 39.3 Å². The standard InChI is InChI=1S/C37H46B2ClN7O6S/c1-33(2,3)53-32(49)46-21-23(20-34(46,4)5)8-7-18-41-25-9-6-10-28(42-25)54(50,51)45-30(48)24-11-12-26(43-29(24)40)47-19-13-27(44-47)52-22-37(38,39)31-35(14-15-35)36(31)16-17-36/h6,9-13,19,23,31H,7-8,14-18,20-22H2,1-5H3,(H,41,42)(H,45,48)/t23-/m0/s1. The SMILES string of the molecule is [B]C([B])(COc1ccn(-c2ccc(C(=O)NS(=O)(=O)c3cccc(NCCC[C@@H]4CN(C(=O)OC(C)(C)C)C(C)(C)C4)n3)c(Cl)n2)n1)C1C2(CC2)C12CC2. The van der Waals surface area contributed by atoms with Crippen LogP contribution < -0.4 is 14.8 Å². The van der Waals surface area contributed by atoms with Gasteiger partial charge in [-0.3, -0.25) is 4.79 Å². The van der Waals surface area contributed by atoms with Gasteiger partial charge in [0.05, 0.1) is 27.9 Å². The van der Waals surface area contributed by atoms with Crippen LogP contribution in [0.3, 0.4) is 0 Å². The highest BCUT2D eigenvalue weighted by Crippen LogP contribution is 2.95. The van der Waals surface area contributed by atoms with E-state index in [1.54, 1.807) is 23.2 Å². The number of pyridine rings is 2. The number of hydrogen-bond acceptors (Lipinski definition) is 10. The van der Waals surface area contributed by atoms with Crippen LogP contribution in [0.1, 0.15) is 89.9 Å². The van der Waals surface area contributed by atoms with Crippen LogP contribution in [0.25, 0.3) is 5.82 Å². The Bertz CT molecular complexity index is 2040. The predicted molar refractivity (Wildman–Crippen MR) is 205 cm³/mol. The molecule has 4 heterocycles. The first kappa shape index (κ1) is 38.5. The van der Waals surface area contributed by atoms with Gasteiger partial charge in [0.2, 0.25) is 5.88 Å². The molecule has 3 aromatic rings. The Labute approximate surface area is 324 Å². The molecule has 0 aromatic carbocycles. The molecule has 2 spiro atoms. The second-order valence-electron chi connectivity index (χ2n) is 17.1. The van der Waals surface area contributed by atoms with Crippen molar-refractivity contribution in [2.24, 2.45) is 22.7 Å². The number of amides is 2. The number of hydrogen-bond donors (Lipinski definition) is 2. The Morgan fingerprint density at radius 2 is 1.74 bits per heavy atom. The van der Waals surface area contributed by atoms with E-state index in [4.69, 9.17) is 36.8 Å². The molecular formula is C37H46B2ClN7O6S. The van der Waals surface area contributed by atoms with Crippen molar-refractivity contribution in [3.8, 4) is 11.7 Å². The predicted octanol–water partition coefficient (Wildman–Crippen LogP) is 5.68. The maximum absolute atomic E-state index is 13.2. The Kier molecular flexibility index (Phi) is 9.59. The van der Waals surface area contributed by atoms with Gasteiger partial charge in [-0.15, -0.1) is 5.10 Å². The Hall–Kier alpha value is -3.78. The quantitative estimate of drug-likeness (QED) is 0.126. The van der Waals surface area contributed by atoms with Crippen molar-refractivity contribution in [3.63, 3.8) is 0 Å². The molecule has 0 bridgehead atoms. The van der Waals surface area contributed by atoms with E-state index < -0.39 is 26.7 Å². The van der Waals surface area contributed by atoms with Gasteiger partial charge in [-0.1, -0.05) is 22.9 Å². The molecule has 2 N–H and O–H groups in total. The molecule has 54 heavy (non-hydrogen) atoms. The molecule has 2 amide bonds. The highest BCUT2D eigenvalue weighted by atomic mass is 35.5. The first-order chi connectivity index (χ1) is 25.3. The molecule has 3 saturated carbocycles. The van der Waals surface area contributed by atoms with Crippen LogP contribution in [0.2, 0.25) is 10.4 Å². The lowest BCUT2D eigenvalue weighted by molar-refractivity contribution is 0.0130. The van der Waals surface area contributed by atoms with Gasteiger partial charge in [0.1, 0.15) is 16.6 Å². The van der Waals surface area contributed by atoms with E-state index >= 15 is 0 Å². The Balaban J connectivity index is 0.896. The topological polar surface area (TPSA) is 158 Å². The lowest BCUT2D eigenvalue weighted by Crippen LogP contribution is -2.45. The number of aromatic nitrogens is 4. The summed E-state index contributed by atoms with van der Waals surface area (Å²) in [6.45, 7) is 10.9. The molecular weight excluding hydrogens is 728 g/mol. The molecule has 17 heteroatoms. The number of likely N-dealkylation sites (tertiary alicyclic amines) is 1. The van der Waals surface area contributed by atoms with Crippen LogP contribution >= 0.6 is 11.6 Å². The van der Waals surface area contributed by atoms with Gasteiger partial charge in [-0.2, -0.15) is 8.42 Å². The van der Waals surface area contributed by atoms with Gasteiger partial charge >= 0.3 is 6.09 Å². The Morgan fingerprint density at radius 1 is 1.04 bits per heavy atom. The molecule has 4 radical (unpaired) electrons. The summed E-state index contributed by atoms with van der Waals surface area (Å²) in [5.41, 5.74) is -0.364. The van der Waals surface area contributed by atoms with E-state index in [-0.39, 0.29) is 45.7 Å². The first-order valence-corrected chi connectivity index (χ1v) is 20.3. The minimum absolute atomic E-state index is 0.129. The summed E-state index contributed by atoms with van der Waals surface area (Å²) < 4.78 is 41.3. The number of fused-ring (bicyclic) bond motifs is 1. The van der Waals surface area contributed by atoms with Crippen molar-refractivity contribution >= 4 is 55.1 Å². The summed E-state index contributed by atoms with van der Waals surface area (Å²) >= 11 is 6.37. The molecule has 3 aliphatic carbocycles. The smallest absolute Gasteiger partial charge is 0.410 e. The summed E-state index contributed by atoms with van der Waals surface area (Å²) in [5.74, 6) is 0.545. The fourth-order valence-corrected chi connectivity index (χ4v) is 10.0. The number of sulfonamides is 1. The van der Waals surface area contributed by atoms with Crippen molar-refractivity contribution in [3.05, 3.63) is 53.3 Å². The van der Waals surface area contributed by atoms with Crippen LogP contribution in [0, 0.1) is 22.7 Å². The molecule has 3 aromatic heterocycles. The van der Waals surface area contributed by atoms with Crippen LogP contribution in [0.5, 0.6) is 5.88 Å². The average Bonchev–Trinajstić information content (AvgIpc) is 4.03. The zero-order chi connectivity index (χ0) is 38.9. The molecule has 4 aliphatic rings. The number of nitrogens with zero attached hydrogens (tertiary/aromatic N) is 5. The summed E-state index contributed by atoms with van der Waals surface area (Å²) in [6.07, 6.45) is 8.57. The molecule has 1 aliphatic heterocycles. The highest BCUT2D eigenvalue weighted by Gasteiger charge is 2.88. The van der Waals surface area contributed by atoms with Gasteiger partial charge in [0.15, 0.2) is 10.8 Å². The van der Waals surface area contributed by atoms with Crippen molar-refractivity contribution in [2.45, 2.75) is 101 Å². The number of carbonyl (C=O) groups is 2. The lowest BCUT2D eigenvalue weighted by Gasteiger charge is -2.33. The van der Waals surface area contributed by atoms with Crippen LogP contribution in [0.4, 0.5) is 10.6 Å². The molecule has 1 saturated heterocycles. The first-order valence-electron chi connectivity index (χ1n) is 18.5. The second kappa shape index (κ2) is 13.5. The van der Waals surface area contributed by atoms with E-state index in [2.05, 4.69) is 20.4 Å². The van der Waals surface area contributed by atoms with Crippen molar-refractivity contribution in [1.29, 1.82) is 0 Å². The van der Waals surface area contributed by atoms with Gasteiger partial charge < -0.3 is 19.7 Å². The fourth-order valence-electron chi connectivity index (χ4n) is 8.84. The van der Waals surface area contributed by atoms with Gasteiger partial charge in [0, 0.05) is 30.9 Å². The lowest BCUT2D eigenvalue weighted by atomic mass is 9.51. The number of anilines is 1. The van der Waals surface area contributed by atoms with Crippen LogP contribution in [0.15, 0.2) is 47.6 Å². The van der Waals surface area contributed by atoms with Crippen molar-refractivity contribution in [1.82, 2.24) is 29.4 Å². The third kappa shape index (κ3) is 7.56. The third-order valence-electron chi connectivity index (χ3n) is 11.4. The number of ether oxygens (including phenoxy) is 2. The van der Waals surface area contributed by atoms with Gasteiger partial charge in [-0.05, 0) is 126 Å². The largest absolute Gasteiger partial charge is 0.478 e. The fraction of sp³-hybridized carbons (Fsp3) is 0.595. The highest BCUT2D eigenvalue weighted by molar-refractivity contribution is 7.90. The van der Waals surface area contributed by atoms with Crippen molar-refractivity contribution in [2.75, 3.05) is 25.0 Å². The minimum atomic E-state index is -4.36. The summed E-state index contributed by atoms with van der Waals surface area (Å²) in [4.78, 5) is 36.1. The molecule has 1 atom stereocenters. The summed E-state index contributed by atoms with van der Waals surface area (Å²) in [7, 11) is 8.71. The number of carbonyl (C=O) groups excluding carboxylic acids is 2. The zero-order valence-corrected chi connectivity index (χ0v) is 33.0. The van der Waals surface area contributed by atoms with Gasteiger partial charge in [0.25, 0.3) is 15.9 Å². The monoisotopic (exact) mass is 773 g/mol. The van der Waals surface area contributed by atoms with Crippen LogP contribution in [-0.2, 0) is 14.8 Å².